The quantitative estimate of drug-likeness (QED) is 0.0830. The zero-order valence-electron chi connectivity index (χ0n) is 18.0. The van der Waals surface area contributed by atoms with E-state index in [9.17, 15) is 19.5 Å². The Hall–Kier alpha value is -0.654. The van der Waals surface area contributed by atoms with Gasteiger partial charge in [0.25, 0.3) is 11.8 Å². The van der Waals surface area contributed by atoms with Crippen LogP contribution in [-0.4, -0.2) is 68.8 Å². The maximum Gasteiger partial charge on any atom is 1.00 e. The van der Waals surface area contributed by atoms with Gasteiger partial charge in [-0.2, -0.15) is 0 Å². The molecule has 170 valence electrons. The second-order valence-electron chi connectivity index (χ2n) is 6.20. The third-order valence-corrected chi connectivity index (χ3v) is 7.02. The molecule has 2 unspecified atom stereocenters. The Labute approximate surface area is 240 Å². The molecule has 1 saturated heterocycles. The van der Waals surface area contributed by atoms with Crippen LogP contribution in [0.1, 0.15) is 26.0 Å². The van der Waals surface area contributed by atoms with Gasteiger partial charge in [-0.25, -0.2) is 4.98 Å². The normalized spacial score (nSPS) is 19.8. The van der Waals surface area contributed by atoms with Crippen LogP contribution < -0.4 is 67.5 Å². The number of methoxy groups -OCH3 is 1. The summed E-state index contributed by atoms with van der Waals surface area (Å²) in [6.07, 6.45) is 1.25. The van der Waals surface area contributed by atoms with Crippen LogP contribution in [-0.2, 0) is 19.1 Å². The van der Waals surface area contributed by atoms with E-state index in [1.54, 1.807) is 0 Å². The number of ether oxygens (including phenoxy) is 1. The molecule has 2 aliphatic heterocycles. The SMILES string of the molecule is CCC.COCSC1=C(C(=O)[O-])N2C(=O)C(NC(=O)/C(=N\O)c3csc(N)n3)C2SC1.[K+]. The topological polar surface area (TPSA) is 170 Å². The van der Waals surface area contributed by atoms with E-state index in [0.29, 0.717) is 10.7 Å². The Balaban J connectivity index is 0.00000121. The summed E-state index contributed by atoms with van der Waals surface area (Å²) in [6.45, 7) is 4.25. The molecule has 0 bridgehead atoms. The van der Waals surface area contributed by atoms with Crippen LogP contribution in [0.25, 0.3) is 0 Å². The molecule has 2 aliphatic rings. The van der Waals surface area contributed by atoms with Gasteiger partial charge in [-0.1, -0.05) is 37.2 Å². The summed E-state index contributed by atoms with van der Waals surface area (Å²) in [7, 11) is 1.47. The van der Waals surface area contributed by atoms with Crippen molar-refractivity contribution in [3.8, 4) is 0 Å². The third-order valence-electron chi connectivity index (χ3n) is 3.84. The van der Waals surface area contributed by atoms with Crippen LogP contribution in [0.5, 0.6) is 0 Å². The zero-order valence-corrected chi connectivity index (χ0v) is 23.6. The van der Waals surface area contributed by atoms with Crippen molar-refractivity contribution < 1.29 is 80.8 Å². The van der Waals surface area contributed by atoms with Gasteiger partial charge in [0.05, 0.1) is 17.6 Å². The first kappa shape index (κ1) is 29.4. The Bertz CT molecular complexity index is 909. The number of rotatable bonds is 7. The molecule has 0 spiro atoms. The number of hydrogen-bond donors (Lipinski definition) is 3. The van der Waals surface area contributed by atoms with E-state index < -0.39 is 34.9 Å². The molecule has 2 amide bonds. The average molecular weight is 528 g/mol. The van der Waals surface area contributed by atoms with E-state index in [4.69, 9.17) is 15.7 Å². The summed E-state index contributed by atoms with van der Waals surface area (Å²) < 4.78 is 4.93. The number of fused-ring (bicyclic) bond motifs is 1. The summed E-state index contributed by atoms with van der Waals surface area (Å²) in [5.74, 6) is -2.35. The number of nitrogen functional groups attached to an aromatic ring is 1. The molecule has 2 atom stereocenters. The maximum absolute atomic E-state index is 12.5. The largest absolute Gasteiger partial charge is 1.00 e. The number of carbonyl (C=O) groups excluding carboxylic acids is 3. The number of amides is 2. The molecule has 0 saturated carbocycles. The fourth-order valence-corrected chi connectivity index (χ4v) is 5.50. The van der Waals surface area contributed by atoms with E-state index in [0.717, 1.165) is 28.0 Å². The van der Waals surface area contributed by atoms with Crippen molar-refractivity contribution >= 4 is 63.5 Å². The number of thiazole rings is 1. The molecule has 1 fully saturated rings. The summed E-state index contributed by atoms with van der Waals surface area (Å²) in [5.41, 5.74) is 4.96. The summed E-state index contributed by atoms with van der Waals surface area (Å²) >= 11 is 3.51. The summed E-state index contributed by atoms with van der Waals surface area (Å²) in [6, 6.07) is -0.978. The Morgan fingerprint density at radius 2 is 2.16 bits per heavy atom. The van der Waals surface area contributed by atoms with E-state index in [1.807, 2.05) is 0 Å². The number of thioether (sulfide) groups is 2. The van der Waals surface area contributed by atoms with Gasteiger partial charge in [0.2, 0.25) is 0 Å². The van der Waals surface area contributed by atoms with Gasteiger partial charge in [0.1, 0.15) is 17.1 Å². The Kier molecular flexibility index (Phi) is 12.8. The molecule has 3 rings (SSSR count). The zero-order chi connectivity index (χ0) is 23.1. The van der Waals surface area contributed by atoms with Crippen LogP contribution in [0.2, 0.25) is 0 Å². The first-order chi connectivity index (χ1) is 14.8. The van der Waals surface area contributed by atoms with Crippen LogP contribution in [0.3, 0.4) is 0 Å². The molecule has 11 nitrogen and oxygen atoms in total. The Morgan fingerprint density at radius 1 is 1.50 bits per heavy atom. The van der Waals surface area contributed by atoms with Crippen LogP contribution in [0.4, 0.5) is 5.13 Å². The van der Waals surface area contributed by atoms with E-state index in [1.165, 1.54) is 30.7 Å². The monoisotopic (exact) mass is 527 g/mol. The van der Waals surface area contributed by atoms with Gasteiger partial charge in [0, 0.05) is 23.1 Å². The number of oxime groups is 1. The van der Waals surface area contributed by atoms with Gasteiger partial charge in [-0.3, -0.25) is 14.5 Å². The molecular weight excluding hydrogens is 506 g/mol. The van der Waals surface area contributed by atoms with Crippen molar-refractivity contribution in [2.24, 2.45) is 5.16 Å². The van der Waals surface area contributed by atoms with Crippen LogP contribution >= 0.6 is 34.9 Å². The molecule has 0 aliphatic carbocycles. The number of hydrogen-bond acceptors (Lipinski definition) is 12. The number of β-lactam (4-membered cyclic amide) rings is 1. The van der Waals surface area contributed by atoms with Crippen molar-refractivity contribution in [3.63, 3.8) is 0 Å². The minimum absolute atomic E-state index is 0. The first-order valence-electron chi connectivity index (χ1n) is 9.05. The van der Waals surface area contributed by atoms with Crippen molar-refractivity contribution in [1.82, 2.24) is 15.2 Å². The van der Waals surface area contributed by atoms with Crippen LogP contribution in [0.15, 0.2) is 21.1 Å². The van der Waals surface area contributed by atoms with E-state index in [2.05, 4.69) is 29.3 Å². The molecule has 1 aromatic heterocycles. The molecule has 3 heterocycles. The number of aliphatic carboxylic acids is 1. The van der Waals surface area contributed by atoms with Gasteiger partial charge in [0.15, 0.2) is 10.8 Å². The second kappa shape index (κ2) is 13.9. The molecule has 15 heteroatoms. The predicted octanol–water partition coefficient (Wildman–Crippen LogP) is -2.98. The predicted molar refractivity (Wildman–Crippen MR) is 117 cm³/mol. The van der Waals surface area contributed by atoms with Gasteiger partial charge in [-0.15, -0.1) is 23.1 Å². The number of aromatic nitrogens is 1. The molecule has 32 heavy (non-hydrogen) atoms. The third kappa shape index (κ3) is 6.70. The van der Waals surface area contributed by atoms with Crippen molar-refractivity contribution in [2.45, 2.75) is 31.7 Å². The first-order valence-corrected chi connectivity index (χ1v) is 12.0. The molecule has 1 aromatic rings. The fourth-order valence-electron chi connectivity index (χ4n) is 2.64. The number of carboxylic acids is 1. The number of carbonyl (C=O) groups is 3. The standard InChI is InChI=1S/C14H15N5O6S3.C3H8.K/c1-25-4-28-6-3-26-12-8(11(21)19(12)9(6)13(22)23)17-10(20)7(18-24)5-2-27-14(15)16-5;1-3-2;/h2,8,12,24H,3-4H2,1H3,(H2,15,16)(H,17,20)(H,22,23);3H2,1-2H3;/q;;+1/p-1/b18-7-;;. The van der Waals surface area contributed by atoms with Crippen molar-refractivity contribution in [3.05, 3.63) is 21.7 Å². The van der Waals surface area contributed by atoms with E-state index >= 15 is 0 Å². The molecule has 4 N–H and O–H groups in total. The number of nitrogens with two attached hydrogens (primary N) is 1. The maximum atomic E-state index is 12.5. The summed E-state index contributed by atoms with van der Waals surface area (Å²) in [4.78, 5) is 41.9. The minimum Gasteiger partial charge on any atom is -0.543 e. The molecule has 0 aromatic carbocycles. The summed E-state index contributed by atoms with van der Waals surface area (Å²) in [5, 5.41) is 27.1. The van der Waals surface area contributed by atoms with Gasteiger partial charge >= 0.3 is 51.4 Å². The van der Waals surface area contributed by atoms with Crippen molar-refractivity contribution in [2.75, 3.05) is 24.5 Å². The number of nitrogens with zero attached hydrogens (tertiary/aromatic N) is 3. The molecule has 0 radical (unpaired) electrons. The van der Waals surface area contributed by atoms with E-state index in [-0.39, 0.29) is 73.8 Å². The number of nitrogens with one attached hydrogen (secondary N) is 1. The smallest absolute Gasteiger partial charge is 0.543 e. The number of carboxylic acid groups (broad SMARTS) is 1. The number of anilines is 1. The average Bonchev–Trinajstić information content (AvgIpc) is 3.16. The van der Waals surface area contributed by atoms with Gasteiger partial charge in [-0.05, 0) is 0 Å². The molecular formula is C17H22KN5O6S3. The van der Waals surface area contributed by atoms with Crippen LogP contribution in [0, 0.1) is 0 Å². The fraction of sp³-hybridized carbons (Fsp3) is 0.471. The second-order valence-corrected chi connectivity index (χ2v) is 9.21. The minimum atomic E-state index is -1.47. The Morgan fingerprint density at radius 3 is 2.66 bits per heavy atom. The van der Waals surface area contributed by atoms with Crippen molar-refractivity contribution in [1.29, 1.82) is 0 Å². The van der Waals surface area contributed by atoms with Gasteiger partial charge < -0.3 is 30.9 Å².